The van der Waals surface area contributed by atoms with Gasteiger partial charge in [0.25, 0.3) is 11.5 Å². The monoisotopic (exact) mass is 556 g/mol. The largest absolute Gasteiger partial charge is 0.457 e. The fourth-order valence-electron chi connectivity index (χ4n) is 5.06. The highest BCUT2D eigenvalue weighted by Crippen LogP contribution is 2.34. The first kappa shape index (κ1) is 25.6. The van der Waals surface area contributed by atoms with E-state index in [0.717, 1.165) is 15.1 Å². The number of fused-ring (bicyclic) bond motifs is 2. The van der Waals surface area contributed by atoms with Crippen LogP contribution in [0.2, 0.25) is 0 Å². The number of hydrogen-bond acceptors (Lipinski definition) is 6. The van der Waals surface area contributed by atoms with E-state index >= 15 is 0 Å². The van der Waals surface area contributed by atoms with E-state index in [4.69, 9.17) is 4.74 Å². The van der Waals surface area contributed by atoms with E-state index in [1.165, 1.54) is 28.9 Å². The number of aromatic amines is 1. The number of amides is 1. The fourth-order valence-corrected chi connectivity index (χ4v) is 6.62. The average molecular weight is 557 g/mol. The Hall–Kier alpha value is -4.71. The van der Waals surface area contributed by atoms with Crippen molar-refractivity contribution in [3.05, 3.63) is 119 Å². The van der Waals surface area contributed by atoms with Crippen molar-refractivity contribution in [3.8, 4) is 17.2 Å². The first-order valence-corrected chi connectivity index (χ1v) is 13.9. The zero-order chi connectivity index (χ0) is 27.9. The third-order valence-electron chi connectivity index (χ3n) is 6.92. The number of hydrogen-bond donors (Lipinski definition) is 3. The summed E-state index contributed by atoms with van der Waals surface area (Å²) in [5, 5.41) is 14.3. The van der Waals surface area contributed by atoms with Gasteiger partial charge in [-0.1, -0.05) is 54.6 Å². The number of carbonyl (C=O) groups excluding carboxylic acids is 1. The number of para-hydroxylation sites is 1. The Balaban J connectivity index is 1.39. The molecule has 1 aromatic heterocycles. The molecule has 1 aliphatic heterocycles. The highest BCUT2D eigenvalue weighted by molar-refractivity contribution is 7.89. The summed E-state index contributed by atoms with van der Waals surface area (Å²) in [5.41, 5.74) is 1.90. The van der Waals surface area contributed by atoms with Crippen molar-refractivity contribution in [1.82, 2.24) is 19.6 Å². The normalized spacial score (nSPS) is 15.5. The molecule has 10 nitrogen and oxygen atoms in total. The van der Waals surface area contributed by atoms with Crippen molar-refractivity contribution in [2.75, 3.05) is 6.54 Å². The Morgan fingerprint density at radius 2 is 1.57 bits per heavy atom. The van der Waals surface area contributed by atoms with E-state index in [-0.39, 0.29) is 23.4 Å². The van der Waals surface area contributed by atoms with Crippen LogP contribution in [0.4, 0.5) is 0 Å². The third kappa shape index (κ3) is 4.35. The van der Waals surface area contributed by atoms with Crippen molar-refractivity contribution in [3.63, 3.8) is 0 Å². The van der Waals surface area contributed by atoms with E-state index in [1.54, 1.807) is 23.7 Å². The van der Waals surface area contributed by atoms with E-state index in [2.05, 4.69) is 5.10 Å². The van der Waals surface area contributed by atoms with Crippen molar-refractivity contribution in [2.45, 2.75) is 17.4 Å². The molecule has 1 atom stereocenters. The number of benzene rings is 4. The molecule has 0 spiro atoms. The second-order valence-corrected chi connectivity index (χ2v) is 11.2. The number of nitrogens with zero attached hydrogens (tertiary/aromatic N) is 2. The van der Waals surface area contributed by atoms with Gasteiger partial charge in [0, 0.05) is 24.0 Å². The smallest absolute Gasteiger partial charge is 0.276 e. The summed E-state index contributed by atoms with van der Waals surface area (Å²) in [7, 11) is -4.26. The van der Waals surface area contributed by atoms with Gasteiger partial charge >= 0.3 is 0 Å². The summed E-state index contributed by atoms with van der Waals surface area (Å²) in [6.07, 6.45) is 0.159. The van der Waals surface area contributed by atoms with Gasteiger partial charge in [0.1, 0.15) is 17.5 Å². The van der Waals surface area contributed by atoms with Crippen LogP contribution in [0.1, 0.15) is 17.3 Å². The molecule has 0 fully saturated rings. The molecule has 6 rings (SSSR count). The van der Waals surface area contributed by atoms with E-state index in [9.17, 15) is 23.2 Å². The summed E-state index contributed by atoms with van der Waals surface area (Å²) < 4.78 is 35.5. The van der Waals surface area contributed by atoms with Crippen LogP contribution in [0.3, 0.4) is 0 Å². The number of ether oxygens (including phenoxy) is 1. The topological polar surface area (TPSA) is 134 Å². The fraction of sp³-hybridized carbons (Fsp3) is 0.103. The van der Waals surface area contributed by atoms with Crippen LogP contribution in [0, 0.1) is 0 Å². The quantitative estimate of drug-likeness (QED) is 0.215. The molecule has 1 amide bonds. The highest BCUT2D eigenvalue weighted by atomic mass is 32.2. The molecule has 0 bridgehead atoms. The van der Waals surface area contributed by atoms with Gasteiger partial charge in [0.05, 0.1) is 16.1 Å². The summed E-state index contributed by atoms with van der Waals surface area (Å²) in [6.45, 7) is -0.0921. The van der Waals surface area contributed by atoms with Crippen LogP contribution in [-0.2, 0) is 21.2 Å². The predicted octanol–water partition coefficient (Wildman–Crippen LogP) is 3.90. The molecule has 11 heteroatoms. The molecule has 202 valence electrons. The second-order valence-electron chi connectivity index (χ2n) is 9.27. The Morgan fingerprint density at radius 3 is 2.33 bits per heavy atom. The summed E-state index contributed by atoms with van der Waals surface area (Å²) in [6, 6.07) is 26.3. The molecule has 1 aliphatic rings. The zero-order valence-corrected chi connectivity index (χ0v) is 21.8. The first-order chi connectivity index (χ1) is 19.4. The number of hydroxylamine groups is 1. The molecular weight excluding hydrogens is 532 g/mol. The molecule has 40 heavy (non-hydrogen) atoms. The zero-order valence-electron chi connectivity index (χ0n) is 21.0. The number of H-pyrrole nitrogens is 1. The van der Waals surface area contributed by atoms with Crippen LogP contribution >= 0.6 is 0 Å². The van der Waals surface area contributed by atoms with Gasteiger partial charge in [-0.25, -0.2) is 18.6 Å². The molecule has 2 heterocycles. The molecule has 0 saturated carbocycles. The molecule has 4 aromatic carbocycles. The summed E-state index contributed by atoms with van der Waals surface area (Å²) in [4.78, 5) is 26.6. The van der Waals surface area contributed by atoms with E-state index in [1.807, 2.05) is 54.6 Å². The molecular formula is C29H24N4O6S. The Labute approximate surface area is 229 Å². The molecule has 0 saturated heterocycles. The van der Waals surface area contributed by atoms with Crippen molar-refractivity contribution in [2.24, 2.45) is 0 Å². The Bertz CT molecular complexity index is 1880. The van der Waals surface area contributed by atoms with Gasteiger partial charge in [0.2, 0.25) is 10.0 Å². The summed E-state index contributed by atoms with van der Waals surface area (Å²) >= 11 is 0. The number of carbonyl (C=O) groups is 1. The first-order valence-electron chi connectivity index (χ1n) is 12.5. The minimum Gasteiger partial charge on any atom is -0.457 e. The molecule has 0 aliphatic carbocycles. The molecule has 3 N–H and O–H groups in total. The molecule has 0 radical (unpaired) electrons. The maximum Gasteiger partial charge on any atom is 0.276 e. The van der Waals surface area contributed by atoms with Crippen LogP contribution < -0.4 is 15.8 Å². The van der Waals surface area contributed by atoms with Gasteiger partial charge in [-0.3, -0.25) is 19.9 Å². The van der Waals surface area contributed by atoms with E-state index in [0.29, 0.717) is 22.9 Å². The highest BCUT2D eigenvalue weighted by Gasteiger charge is 2.44. The summed E-state index contributed by atoms with van der Waals surface area (Å²) in [5.74, 6) is -0.00894. The standard InChI is InChI=1S/C29H24N4O6S/c34-28(31-36)27-26-24(30-33(29(26)35)25-12-6-8-19-7-4-5-11-23(19)25)17-18-32(27)40(37,38)22-15-13-21(14-16-22)39-20-9-2-1-3-10-20/h1-16,27,30,36H,17-18H2,(H,31,34). The van der Waals surface area contributed by atoms with Crippen molar-refractivity contribution < 1.29 is 23.2 Å². The molecule has 1 unspecified atom stereocenters. The number of nitrogens with one attached hydrogen (secondary N) is 2. The lowest BCUT2D eigenvalue weighted by atomic mass is 10.0. The lowest BCUT2D eigenvalue weighted by Crippen LogP contribution is -2.48. The minimum atomic E-state index is -4.26. The predicted molar refractivity (Wildman–Crippen MR) is 147 cm³/mol. The average Bonchev–Trinajstić information content (AvgIpc) is 3.32. The maximum absolute atomic E-state index is 13.8. The second kappa shape index (κ2) is 10.1. The van der Waals surface area contributed by atoms with Crippen molar-refractivity contribution >= 4 is 26.7 Å². The number of rotatable bonds is 6. The van der Waals surface area contributed by atoms with Gasteiger partial charge in [-0.15, -0.1) is 0 Å². The van der Waals surface area contributed by atoms with Gasteiger partial charge in [-0.05, 0) is 47.9 Å². The van der Waals surface area contributed by atoms with Gasteiger partial charge in [0.15, 0.2) is 0 Å². The van der Waals surface area contributed by atoms with Crippen LogP contribution in [0.5, 0.6) is 11.5 Å². The van der Waals surface area contributed by atoms with E-state index < -0.39 is 27.5 Å². The lowest BCUT2D eigenvalue weighted by molar-refractivity contribution is -0.133. The van der Waals surface area contributed by atoms with Gasteiger partial charge < -0.3 is 4.74 Å². The SMILES string of the molecule is O=C(NO)C1c2c([nH]n(-c3cccc4ccccc34)c2=O)CCN1S(=O)(=O)c1ccc(Oc2ccccc2)cc1. The molecule has 5 aromatic rings. The Morgan fingerprint density at radius 1 is 0.900 bits per heavy atom. The maximum atomic E-state index is 13.8. The number of sulfonamides is 1. The number of aromatic nitrogens is 2. The third-order valence-corrected chi connectivity index (χ3v) is 8.80. The van der Waals surface area contributed by atoms with Crippen LogP contribution in [0.25, 0.3) is 16.5 Å². The minimum absolute atomic E-state index is 0.0432. The van der Waals surface area contributed by atoms with Crippen LogP contribution in [-0.4, -0.2) is 40.2 Å². The lowest BCUT2D eigenvalue weighted by Gasteiger charge is -2.32. The Kier molecular flexibility index (Phi) is 6.46. The van der Waals surface area contributed by atoms with Crippen LogP contribution in [0.15, 0.2) is 107 Å². The van der Waals surface area contributed by atoms with Gasteiger partial charge in [-0.2, -0.15) is 4.31 Å². The van der Waals surface area contributed by atoms with Crippen molar-refractivity contribution in [1.29, 1.82) is 0 Å².